The molecule has 0 bridgehead atoms. The highest BCUT2D eigenvalue weighted by molar-refractivity contribution is 14.1. The number of aromatic nitrogens is 3. The van der Waals surface area contributed by atoms with E-state index in [1.165, 1.54) is 14.2 Å². The number of ether oxygens (including phenoxy) is 3. The quantitative estimate of drug-likeness (QED) is 0.781. The monoisotopic (exact) mass is 359 g/mol. The van der Waals surface area contributed by atoms with Crippen LogP contribution in [0.1, 0.15) is 0 Å². The van der Waals surface area contributed by atoms with E-state index in [1.54, 1.807) is 0 Å². The predicted molar refractivity (Wildman–Crippen MR) is 72.2 cm³/mol. The van der Waals surface area contributed by atoms with Crippen molar-refractivity contribution in [2.45, 2.75) is 0 Å². The molecule has 6 nitrogen and oxygen atoms in total. The van der Waals surface area contributed by atoms with Crippen molar-refractivity contribution < 1.29 is 14.2 Å². The third-order valence-corrected chi connectivity index (χ3v) is 2.62. The van der Waals surface area contributed by atoms with Gasteiger partial charge in [-0.2, -0.15) is 0 Å². The Kier molecular flexibility index (Phi) is 4.13. The smallest absolute Gasteiger partial charge is 0.331 e. The van der Waals surface area contributed by atoms with Gasteiger partial charge in [-0.1, -0.05) is 6.07 Å². The Balaban J connectivity index is 2.28. The standard InChI is InChI=1S/C11H10IN3O3/c1-16-9-13-10(17-2)15-11(14-9)18-8-5-3-4-7(12)6-8/h3-6H,1-2H3. The van der Waals surface area contributed by atoms with Crippen LogP contribution >= 0.6 is 22.6 Å². The average molecular weight is 359 g/mol. The van der Waals surface area contributed by atoms with Crippen molar-refractivity contribution in [3.8, 4) is 23.8 Å². The molecule has 1 aromatic carbocycles. The fourth-order valence-electron chi connectivity index (χ4n) is 1.18. The summed E-state index contributed by atoms with van der Waals surface area (Å²) in [5.74, 6) is 0.636. The molecule has 2 rings (SSSR count). The zero-order valence-electron chi connectivity index (χ0n) is 9.75. The summed E-state index contributed by atoms with van der Waals surface area (Å²) in [6.45, 7) is 0. The minimum atomic E-state index is 0.126. The molecule has 0 atom stereocenters. The molecule has 0 amide bonds. The average Bonchev–Trinajstić information content (AvgIpc) is 2.38. The number of hydrogen-bond acceptors (Lipinski definition) is 6. The second-order valence-electron chi connectivity index (χ2n) is 3.15. The third-order valence-electron chi connectivity index (χ3n) is 1.94. The molecule has 0 saturated heterocycles. The molecule has 1 aromatic heterocycles. The predicted octanol–water partition coefficient (Wildman–Crippen LogP) is 2.29. The summed E-state index contributed by atoms with van der Waals surface area (Å²) < 4.78 is 16.4. The molecule has 2 aromatic rings. The van der Waals surface area contributed by atoms with E-state index < -0.39 is 0 Å². The maximum Gasteiger partial charge on any atom is 0.331 e. The maximum atomic E-state index is 5.52. The van der Waals surface area contributed by atoms with Crippen LogP contribution in [0.5, 0.6) is 23.8 Å². The van der Waals surface area contributed by atoms with Crippen LogP contribution in [0.3, 0.4) is 0 Å². The molecule has 0 aliphatic carbocycles. The first-order valence-electron chi connectivity index (χ1n) is 4.98. The molecule has 0 aliphatic rings. The largest absolute Gasteiger partial charge is 0.467 e. The lowest BCUT2D eigenvalue weighted by Crippen LogP contribution is -2.01. The van der Waals surface area contributed by atoms with Crippen molar-refractivity contribution in [1.82, 2.24) is 15.0 Å². The lowest BCUT2D eigenvalue weighted by molar-refractivity contribution is 0.320. The molecule has 0 saturated carbocycles. The molecule has 0 N–H and O–H groups in total. The Labute approximate surface area is 117 Å². The highest BCUT2D eigenvalue weighted by atomic mass is 127. The van der Waals surface area contributed by atoms with Gasteiger partial charge >= 0.3 is 18.0 Å². The topological polar surface area (TPSA) is 66.4 Å². The van der Waals surface area contributed by atoms with Crippen LogP contribution in [-0.4, -0.2) is 29.2 Å². The Hall–Kier alpha value is -1.64. The van der Waals surface area contributed by atoms with E-state index in [1.807, 2.05) is 24.3 Å². The number of halogens is 1. The maximum absolute atomic E-state index is 5.52. The summed E-state index contributed by atoms with van der Waals surface area (Å²) in [5, 5.41) is 0. The number of hydrogen-bond donors (Lipinski definition) is 0. The zero-order chi connectivity index (χ0) is 13.0. The van der Waals surface area contributed by atoms with Gasteiger partial charge in [0.1, 0.15) is 5.75 Å². The van der Waals surface area contributed by atoms with E-state index in [2.05, 4.69) is 37.5 Å². The first kappa shape index (κ1) is 12.8. The minimum absolute atomic E-state index is 0.126. The highest BCUT2D eigenvalue weighted by Gasteiger charge is 2.09. The molecule has 0 aliphatic heterocycles. The van der Waals surface area contributed by atoms with Crippen LogP contribution in [0.15, 0.2) is 24.3 Å². The van der Waals surface area contributed by atoms with Crippen molar-refractivity contribution in [2.24, 2.45) is 0 Å². The Morgan fingerprint density at radius 1 is 0.944 bits per heavy atom. The van der Waals surface area contributed by atoms with Crippen LogP contribution in [0, 0.1) is 3.57 Å². The normalized spacial score (nSPS) is 9.94. The van der Waals surface area contributed by atoms with Gasteiger partial charge in [0.05, 0.1) is 14.2 Å². The summed E-state index contributed by atoms with van der Waals surface area (Å²) >= 11 is 2.19. The van der Waals surface area contributed by atoms with Gasteiger partial charge in [-0.05, 0) is 40.8 Å². The molecule has 0 fully saturated rings. The van der Waals surface area contributed by atoms with Crippen LogP contribution in [-0.2, 0) is 0 Å². The van der Waals surface area contributed by atoms with Gasteiger partial charge in [0.2, 0.25) is 0 Å². The van der Waals surface area contributed by atoms with E-state index in [0.717, 1.165) is 3.57 Å². The number of rotatable bonds is 4. The van der Waals surface area contributed by atoms with Crippen molar-refractivity contribution in [1.29, 1.82) is 0 Å². The van der Waals surface area contributed by atoms with Gasteiger partial charge in [0.25, 0.3) is 0 Å². The van der Waals surface area contributed by atoms with Crippen LogP contribution < -0.4 is 14.2 Å². The summed E-state index contributed by atoms with van der Waals surface area (Å²) in [4.78, 5) is 11.8. The van der Waals surface area contributed by atoms with Gasteiger partial charge < -0.3 is 14.2 Å². The molecule has 0 spiro atoms. The summed E-state index contributed by atoms with van der Waals surface area (Å²) in [5.41, 5.74) is 0. The molecule has 7 heteroatoms. The van der Waals surface area contributed by atoms with Gasteiger partial charge in [-0.15, -0.1) is 15.0 Å². The number of methoxy groups -OCH3 is 2. The Bertz CT molecular complexity index is 529. The molecule has 18 heavy (non-hydrogen) atoms. The summed E-state index contributed by atoms with van der Waals surface area (Å²) in [6, 6.07) is 7.92. The SMILES string of the molecule is COc1nc(OC)nc(Oc2cccc(I)c2)n1. The van der Waals surface area contributed by atoms with E-state index in [4.69, 9.17) is 14.2 Å². The van der Waals surface area contributed by atoms with Gasteiger partial charge in [-0.25, -0.2) is 0 Å². The molecular formula is C11H10IN3O3. The van der Waals surface area contributed by atoms with Gasteiger partial charge in [0, 0.05) is 3.57 Å². The number of nitrogens with zero attached hydrogens (tertiary/aromatic N) is 3. The molecule has 0 radical (unpaired) electrons. The van der Waals surface area contributed by atoms with Crippen molar-refractivity contribution in [2.75, 3.05) is 14.2 Å². The minimum Gasteiger partial charge on any atom is -0.467 e. The van der Waals surface area contributed by atoms with Crippen LogP contribution in [0.4, 0.5) is 0 Å². The van der Waals surface area contributed by atoms with Crippen LogP contribution in [0.2, 0.25) is 0 Å². The third kappa shape index (κ3) is 3.19. The van der Waals surface area contributed by atoms with Gasteiger partial charge in [0.15, 0.2) is 0 Å². The van der Waals surface area contributed by atoms with E-state index in [-0.39, 0.29) is 18.0 Å². The Morgan fingerprint density at radius 3 is 2.11 bits per heavy atom. The molecule has 1 heterocycles. The summed E-state index contributed by atoms with van der Waals surface area (Å²) in [6.07, 6.45) is 0. The van der Waals surface area contributed by atoms with E-state index in [0.29, 0.717) is 5.75 Å². The van der Waals surface area contributed by atoms with Gasteiger partial charge in [-0.3, -0.25) is 0 Å². The fourth-order valence-corrected chi connectivity index (χ4v) is 1.70. The molecule has 94 valence electrons. The highest BCUT2D eigenvalue weighted by Crippen LogP contribution is 2.22. The lowest BCUT2D eigenvalue weighted by Gasteiger charge is -2.06. The molecular weight excluding hydrogens is 349 g/mol. The molecule has 0 unspecified atom stereocenters. The second kappa shape index (κ2) is 5.80. The van der Waals surface area contributed by atoms with Crippen molar-refractivity contribution in [3.05, 3.63) is 27.8 Å². The number of benzene rings is 1. The first-order valence-corrected chi connectivity index (χ1v) is 6.06. The zero-order valence-corrected chi connectivity index (χ0v) is 11.9. The second-order valence-corrected chi connectivity index (χ2v) is 4.40. The van der Waals surface area contributed by atoms with E-state index >= 15 is 0 Å². The summed E-state index contributed by atoms with van der Waals surface area (Å²) in [7, 11) is 2.92. The lowest BCUT2D eigenvalue weighted by atomic mass is 10.3. The van der Waals surface area contributed by atoms with Crippen LogP contribution in [0.25, 0.3) is 0 Å². The fraction of sp³-hybridized carbons (Fsp3) is 0.182. The van der Waals surface area contributed by atoms with Crippen molar-refractivity contribution >= 4 is 22.6 Å². The first-order chi connectivity index (χ1) is 8.71. The Morgan fingerprint density at radius 2 is 1.56 bits per heavy atom. The van der Waals surface area contributed by atoms with E-state index in [9.17, 15) is 0 Å². The van der Waals surface area contributed by atoms with Crippen molar-refractivity contribution in [3.63, 3.8) is 0 Å².